The van der Waals surface area contributed by atoms with Crippen molar-refractivity contribution < 1.29 is 14.6 Å². The van der Waals surface area contributed by atoms with E-state index in [0.717, 1.165) is 31.4 Å². The van der Waals surface area contributed by atoms with Crippen LogP contribution < -0.4 is 0 Å². The summed E-state index contributed by atoms with van der Waals surface area (Å²) in [6.07, 6.45) is 6.66. The third-order valence-corrected chi connectivity index (χ3v) is 9.56. The van der Waals surface area contributed by atoms with Gasteiger partial charge in [0, 0.05) is 29.6 Å². The molecule has 8 atom stereocenters. The van der Waals surface area contributed by atoms with Crippen LogP contribution in [-0.4, -0.2) is 42.2 Å². The Kier molecular flexibility index (Phi) is 5.14. The number of Topliss-reactive ketones (excluding diaryl/α,β-unsaturated/α-hetero) is 1. The first-order valence-corrected chi connectivity index (χ1v) is 11.3. The zero-order valence-corrected chi connectivity index (χ0v) is 17.6. The lowest BCUT2D eigenvalue weighted by atomic mass is 9.44. The van der Waals surface area contributed by atoms with Crippen molar-refractivity contribution >= 4 is 17.5 Å². The standard InChI is InChI=1S/C21H36O3S/c1-13-7-9-21-10-8-15(24-5)17(21)20(13,4)16(22)11-19(3,12-25-6)18(23)14(21)2/h13-17,22H,7-12H2,1-6H3/t13-,14-,15+,16+,17+,19-,20-,21-/m0/s1. The third kappa shape index (κ3) is 2.57. The largest absolute Gasteiger partial charge is 0.393 e. The summed E-state index contributed by atoms with van der Waals surface area (Å²) in [6, 6.07) is 0. The summed E-state index contributed by atoms with van der Waals surface area (Å²) in [5.74, 6) is 1.96. The predicted molar refractivity (Wildman–Crippen MR) is 104 cm³/mol. The molecule has 3 nitrogen and oxygen atoms in total. The fourth-order valence-corrected chi connectivity index (χ4v) is 7.88. The van der Waals surface area contributed by atoms with E-state index < -0.39 is 11.5 Å². The van der Waals surface area contributed by atoms with Crippen molar-refractivity contribution in [2.24, 2.45) is 34.0 Å². The van der Waals surface area contributed by atoms with Gasteiger partial charge in [-0.3, -0.25) is 4.79 Å². The number of carbonyl (C=O) groups is 1. The molecule has 0 aromatic heterocycles. The Morgan fingerprint density at radius 1 is 1.24 bits per heavy atom. The van der Waals surface area contributed by atoms with Crippen molar-refractivity contribution in [3.63, 3.8) is 0 Å². The number of aliphatic hydroxyl groups excluding tert-OH is 1. The highest BCUT2D eigenvalue weighted by Gasteiger charge is 2.67. The molecule has 3 rings (SSSR count). The van der Waals surface area contributed by atoms with E-state index in [9.17, 15) is 9.90 Å². The van der Waals surface area contributed by atoms with E-state index in [1.165, 1.54) is 0 Å². The topological polar surface area (TPSA) is 46.5 Å². The van der Waals surface area contributed by atoms with Gasteiger partial charge in [0.2, 0.25) is 0 Å². The Morgan fingerprint density at radius 3 is 2.48 bits per heavy atom. The van der Waals surface area contributed by atoms with Crippen molar-refractivity contribution in [2.45, 2.75) is 72.0 Å². The van der Waals surface area contributed by atoms with E-state index in [2.05, 4.69) is 34.0 Å². The highest BCUT2D eigenvalue weighted by molar-refractivity contribution is 7.98. The average Bonchev–Trinajstić information content (AvgIpc) is 2.97. The number of ketones is 1. The van der Waals surface area contributed by atoms with Gasteiger partial charge < -0.3 is 9.84 Å². The van der Waals surface area contributed by atoms with Crippen molar-refractivity contribution in [3.05, 3.63) is 0 Å². The average molecular weight is 369 g/mol. The van der Waals surface area contributed by atoms with Crippen LogP contribution in [0.5, 0.6) is 0 Å². The van der Waals surface area contributed by atoms with Crippen LogP contribution in [0, 0.1) is 34.0 Å². The van der Waals surface area contributed by atoms with Gasteiger partial charge in [0.1, 0.15) is 5.78 Å². The molecule has 0 heterocycles. The molecule has 0 saturated heterocycles. The Hall–Kier alpha value is -0.0600. The third-order valence-electron chi connectivity index (χ3n) is 8.64. The second-order valence-electron chi connectivity index (χ2n) is 9.63. The number of ether oxygens (including phenoxy) is 1. The smallest absolute Gasteiger partial charge is 0.143 e. The number of thioether (sulfide) groups is 1. The predicted octanol–water partition coefficient (Wildman–Crippen LogP) is 4.17. The fraction of sp³-hybridized carbons (Fsp3) is 0.952. The number of rotatable bonds is 3. The maximum atomic E-state index is 13.6. The maximum absolute atomic E-state index is 13.6. The van der Waals surface area contributed by atoms with E-state index in [0.29, 0.717) is 18.1 Å². The van der Waals surface area contributed by atoms with Crippen LogP contribution >= 0.6 is 11.8 Å². The number of aliphatic hydroxyl groups is 1. The molecule has 0 aliphatic heterocycles. The minimum absolute atomic E-state index is 0.0000874. The zero-order valence-electron chi connectivity index (χ0n) is 16.8. The second-order valence-corrected chi connectivity index (χ2v) is 10.5. The molecular weight excluding hydrogens is 332 g/mol. The van der Waals surface area contributed by atoms with Gasteiger partial charge in [-0.1, -0.05) is 27.7 Å². The lowest BCUT2D eigenvalue weighted by Gasteiger charge is -2.61. The van der Waals surface area contributed by atoms with Gasteiger partial charge in [0.15, 0.2) is 0 Å². The summed E-state index contributed by atoms with van der Waals surface area (Å²) in [5, 5.41) is 11.5. The summed E-state index contributed by atoms with van der Waals surface area (Å²) in [6.45, 7) is 8.87. The monoisotopic (exact) mass is 368 g/mol. The van der Waals surface area contributed by atoms with Crippen LogP contribution in [-0.2, 0) is 9.53 Å². The summed E-state index contributed by atoms with van der Waals surface area (Å²) < 4.78 is 5.93. The van der Waals surface area contributed by atoms with Crippen molar-refractivity contribution in [1.82, 2.24) is 0 Å². The van der Waals surface area contributed by atoms with Crippen molar-refractivity contribution in [3.8, 4) is 0 Å². The van der Waals surface area contributed by atoms with Crippen LogP contribution in [0.2, 0.25) is 0 Å². The van der Waals surface area contributed by atoms with E-state index in [1.54, 1.807) is 11.8 Å². The number of hydrogen-bond acceptors (Lipinski definition) is 4. The SMILES string of the molecule is CO[C@@H]1CC[C@@]23CC[C@H](C)[C@@](C)([C@H](O)C[C@@](C)(CSC)C(=O)[C@@H]2C)[C@@H]13. The van der Waals surface area contributed by atoms with Gasteiger partial charge >= 0.3 is 0 Å². The van der Waals surface area contributed by atoms with E-state index in [1.807, 2.05) is 7.11 Å². The molecule has 3 aliphatic rings. The van der Waals surface area contributed by atoms with E-state index in [-0.39, 0.29) is 28.8 Å². The highest BCUT2D eigenvalue weighted by atomic mass is 32.2. The summed E-state index contributed by atoms with van der Waals surface area (Å²) in [4.78, 5) is 13.6. The summed E-state index contributed by atoms with van der Waals surface area (Å²) in [5.41, 5.74) is -0.607. The molecule has 0 amide bonds. The number of carbonyl (C=O) groups excluding carboxylic acids is 1. The number of methoxy groups -OCH3 is 1. The molecule has 0 radical (unpaired) electrons. The Labute approximate surface area is 157 Å². The molecular formula is C21H36O3S. The van der Waals surface area contributed by atoms with E-state index >= 15 is 0 Å². The minimum atomic E-state index is -0.448. The first kappa shape index (κ1) is 19.7. The maximum Gasteiger partial charge on any atom is 0.143 e. The molecule has 0 unspecified atom stereocenters. The van der Waals surface area contributed by atoms with Gasteiger partial charge in [0.05, 0.1) is 12.2 Å². The second kappa shape index (κ2) is 6.53. The molecule has 25 heavy (non-hydrogen) atoms. The molecule has 4 heteroatoms. The van der Waals surface area contributed by atoms with Crippen LogP contribution in [0.3, 0.4) is 0 Å². The number of hydrogen-bond donors (Lipinski definition) is 1. The molecule has 3 saturated carbocycles. The minimum Gasteiger partial charge on any atom is -0.393 e. The normalized spacial score (nSPS) is 53.2. The van der Waals surface area contributed by atoms with Crippen LogP contribution in [0.15, 0.2) is 0 Å². The molecule has 0 aromatic rings. The Bertz CT molecular complexity index is 537. The van der Waals surface area contributed by atoms with Crippen LogP contribution in [0.1, 0.15) is 59.8 Å². The molecule has 1 N–H and O–H groups in total. The highest BCUT2D eigenvalue weighted by Crippen LogP contribution is 2.68. The van der Waals surface area contributed by atoms with Crippen molar-refractivity contribution in [2.75, 3.05) is 19.1 Å². The van der Waals surface area contributed by atoms with Gasteiger partial charge in [0.25, 0.3) is 0 Å². The molecule has 2 bridgehead atoms. The summed E-state index contributed by atoms with van der Waals surface area (Å²) >= 11 is 1.73. The molecule has 0 spiro atoms. The zero-order chi connectivity index (χ0) is 18.6. The van der Waals surface area contributed by atoms with Gasteiger partial charge in [-0.25, -0.2) is 0 Å². The summed E-state index contributed by atoms with van der Waals surface area (Å²) in [7, 11) is 1.81. The van der Waals surface area contributed by atoms with Crippen molar-refractivity contribution in [1.29, 1.82) is 0 Å². The first-order chi connectivity index (χ1) is 11.7. The lowest BCUT2D eigenvalue weighted by molar-refractivity contribution is -0.190. The molecule has 144 valence electrons. The quantitative estimate of drug-likeness (QED) is 0.812. The fourth-order valence-electron chi connectivity index (χ4n) is 6.98. The van der Waals surface area contributed by atoms with Crippen LogP contribution in [0.4, 0.5) is 0 Å². The van der Waals surface area contributed by atoms with E-state index in [4.69, 9.17) is 4.74 Å². The van der Waals surface area contributed by atoms with Gasteiger partial charge in [-0.15, -0.1) is 0 Å². The van der Waals surface area contributed by atoms with Gasteiger partial charge in [-0.2, -0.15) is 11.8 Å². The lowest BCUT2D eigenvalue weighted by Crippen LogP contribution is -2.62. The molecule has 3 aliphatic carbocycles. The van der Waals surface area contributed by atoms with Crippen LogP contribution in [0.25, 0.3) is 0 Å². The van der Waals surface area contributed by atoms with Gasteiger partial charge in [-0.05, 0) is 55.6 Å². The Morgan fingerprint density at radius 2 is 1.88 bits per heavy atom. The first-order valence-electron chi connectivity index (χ1n) is 9.91. The molecule has 3 fully saturated rings. The molecule has 0 aromatic carbocycles. The Balaban J connectivity index is 2.16.